The van der Waals surface area contributed by atoms with Crippen LogP contribution in [-0.2, 0) is 12.8 Å². The second kappa shape index (κ2) is 2.97. The summed E-state index contributed by atoms with van der Waals surface area (Å²) in [5.41, 5.74) is 2.33. The van der Waals surface area contributed by atoms with E-state index in [1.807, 2.05) is 6.08 Å². The molecule has 0 bridgehead atoms. The van der Waals surface area contributed by atoms with Crippen LogP contribution < -0.4 is 0 Å². The van der Waals surface area contributed by atoms with Crippen molar-refractivity contribution in [3.05, 3.63) is 35.4 Å². The first kappa shape index (κ1) is 7.35. The lowest BCUT2D eigenvalue weighted by atomic mass is 10.2. The Kier molecular flexibility index (Phi) is 1.82. The molecule has 0 amide bonds. The van der Waals surface area contributed by atoms with Crippen molar-refractivity contribution in [2.75, 3.05) is 0 Å². The highest BCUT2D eigenvalue weighted by molar-refractivity contribution is 5.52. The van der Waals surface area contributed by atoms with Crippen LogP contribution in [0.2, 0.25) is 0 Å². The van der Waals surface area contributed by atoms with Gasteiger partial charge in [0.2, 0.25) is 0 Å². The van der Waals surface area contributed by atoms with E-state index in [1.54, 1.807) is 0 Å². The summed E-state index contributed by atoms with van der Waals surface area (Å²) in [6, 6.07) is 0. The third-order valence-electron chi connectivity index (χ3n) is 2.02. The zero-order valence-electron chi connectivity index (χ0n) is 7.17. The number of aryl methyl sites for hydroxylation is 1. The number of hydrogen-bond acceptors (Lipinski definition) is 1. The van der Waals surface area contributed by atoms with Crippen LogP contribution in [0.15, 0.2) is 18.2 Å². The van der Waals surface area contributed by atoms with Gasteiger partial charge in [-0.1, -0.05) is 25.2 Å². The third-order valence-corrected chi connectivity index (χ3v) is 2.02. The molecule has 0 unspecified atom stereocenters. The van der Waals surface area contributed by atoms with Crippen LogP contribution in [0.25, 0.3) is 6.08 Å². The summed E-state index contributed by atoms with van der Waals surface area (Å²) >= 11 is 0. The number of aromatic amines is 1. The van der Waals surface area contributed by atoms with Gasteiger partial charge in [-0.2, -0.15) is 0 Å². The largest absolute Gasteiger partial charge is 0.345 e. The van der Waals surface area contributed by atoms with E-state index in [0.29, 0.717) is 0 Å². The van der Waals surface area contributed by atoms with Crippen molar-refractivity contribution in [3.63, 3.8) is 0 Å². The molecule has 12 heavy (non-hydrogen) atoms. The minimum absolute atomic E-state index is 0.968. The van der Waals surface area contributed by atoms with Gasteiger partial charge in [0.25, 0.3) is 0 Å². The quantitative estimate of drug-likeness (QED) is 0.669. The fraction of sp³-hybridized carbons (Fsp3) is 0.300. The van der Waals surface area contributed by atoms with Gasteiger partial charge in [0, 0.05) is 18.5 Å². The van der Waals surface area contributed by atoms with Gasteiger partial charge < -0.3 is 4.98 Å². The number of nitrogens with zero attached hydrogens (tertiary/aromatic N) is 1. The van der Waals surface area contributed by atoms with Crippen molar-refractivity contribution in [1.29, 1.82) is 0 Å². The minimum atomic E-state index is 0.968. The first-order valence-corrected chi connectivity index (χ1v) is 4.31. The van der Waals surface area contributed by atoms with E-state index in [4.69, 9.17) is 0 Å². The van der Waals surface area contributed by atoms with Crippen molar-refractivity contribution >= 4 is 6.08 Å². The van der Waals surface area contributed by atoms with Crippen molar-refractivity contribution < 1.29 is 0 Å². The Bertz CT molecular complexity index is 332. The molecule has 1 aliphatic rings. The minimum Gasteiger partial charge on any atom is -0.345 e. The van der Waals surface area contributed by atoms with Crippen LogP contribution in [-0.4, -0.2) is 9.97 Å². The van der Waals surface area contributed by atoms with Gasteiger partial charge in [-0.25, -0.2) is 4.98 Å². The summed E-state index contributed by atoms with van der Waals surface area (Å²) in [7, 11) is 0. The van der Waals surface area contributed by atoms with E-state index in [2.05, 4.69) is 35.1 Å². The third kappa shape index (κ3) is 1.20. The number of H-pyrrole nitrogens is 1. The normalized spacial score (nSPS) is 14.4. The Hall–Kier alpha value is -1.31. The molecule has 0 saturated heterocycles. The maximum Gasteiger partial charge on any atom is 0.106 e. The number of hydrogen-bond donors (Lipinski definition) is 1. The smallest absolute Gasteiger partial charge is 0.106 e. The molecule has 2 heteroatoms. The van der Waals surface area contributed by atoms with Crippen LogP contribution in [0.5, 0.6) is 0 Å². The van der Waals surface area contributed by atoms with E-state index >= 15 is 0 Å². The van der Waals surface area contributed by atoms with Gasteiger partial charge >= 0.3 is 0 Å². The summed E-state index contributed by atoms with van der Waals surface area (Å²) in [6.07, 6.45) is 10.2. The van der Waals surface area contributed by atoms with E-state index in [9.17, 15) is 0 Å². The predicted molar refractivity (Wildman–Crippen MR) is 49.8 cm³/mol. The Labute approximate surface area is 72.0 Å². The maximum absolute atomic E-state index is 4.45. The van der Waals surface area contributed by atoms with Crippen molar-refractivity contribution in [1.82, 2.24) is 9.97 Å². The lowest BCUT2D eigenvalue weighted by Gasteiger charge is -1.89. The summed E-state index contributed by atoms with van der Waals surface area (Å²) in [4.78, 5) is 7.76. The average molecular weight is 160 g/mol. The number of rotatable bonds is 1. The highest BCUT2D eigenvalue weighted by Crippen LogP contribution is 2.12. The summed E-state index contributed by atoms with van der Waals surface area (Å²) in [5.74, 6) is 1.08. The number of allylic oxidation sites excluding steroid dienone is 3. The monoisotopic (exact) mass is 160 g/mol. The molecule has 2 rings (SSSR count). The second-order valence-electron chi connectivity index (χ2n) is 2.89. The maximum atomic E-state index is 4.45. The summed E-state index contributed by atoms with van der Waals surface area (Å²) in [6.45, 7) is 2.11. The highest BCUT2D eigenvalue weighted by atomic mass is 14.9. The zero-order chi connectivity index (χ0) is 8.39. The molecule has 1 aromatic rings. The first-order valence-electron chi connectivity index (χ1n) is 4.31. The Morgan fingerprint density at radius 3 is 3.25 bits per heavy atom. The van der Waals surface area contributed by atoms with Crippen LogP contribution in [0.4, 0.5) is 0 Å². The van der Waals surface area contributed by atoms with E-state index in [-0.39, 0.29) is 0 Å². The molecular formula is C10H12N2. The molecule has 0 spiro atoms. The molecule has 1 heterocycles. The van der Waals surface area contributed by atoms with Gasteiger partial charge in [0.05, 0.1) is 5.69 Å². The Balaban J connectivity index is 2.42. The van der Waals surface area contributed by atoms with Crippen LogP contribution in [0.1, 0.15) is 24.1 Å². The molecule has 0 saturated carbocycles. The van der Waals surface area contributed by atoms with Crippen molar-refractivity contribution in [2.45, 2.75) is 19.8 Å². The van der Waals surface area contributed by atoms with Gasteiger partial charge in [-0.05, 0) is 6.08 Å². The van der Waals surface area contributed by atoms with E-state index in [0.717, 1.165) is 24.4 Å². The van der Waals surface area contributed by atoms with E-state index in [1.165, 1.54) is 5.69 Å². The second-order valence-corrected chi connectivity index (χ2v) is 2.89. The molecular weight excluding hydrogens is 148 g/mol. The lowest BCUT2D eigenvalue weighted by molar-refractivity contribution is 0.974. The molecule has 0 fully saturated rings. The van der Waals surface area contributed by atoms with Gasteiger partial charge in [-0.15, -0.1) is 0 Å². The molecule has 1 aromatic heterocycles. The van der Waals surface area contributed by atoms with Crippen LogP contribution in [0.3, 0.4) is 0 Å². The van der Waals surface area contributed by atoms with Crippen LogP contribution in [0, 0.1) is 0 Å². The van der Waals surface area contributed by atoms with Crippen LogP contribution >= 0.6 is 0 Å². The highest BCUT2D eigenvalue weighted by Gasteiger charge is 2.05. The van der Waals surface area contributed by atoms with Crippen molar-refractivity contribution in [2.24, 2.45) is 0 Å². The predicted octanol–water partition coefficient (Wildman–Crippen LogP) is 2.10. The molecule has 0 radical (unpaired) electrons. The molecule has 0 atom stereocenters. The molecule has 1 N–H and O–H groups in total. The zero-order valence-corrected chi connectivity index (χ0v) is 7.17. The average Bonchev–Trinajstić information content (AvgIpc) is 2.37. The van der Waals surface area contributed by atoms with Gasteiger partial charge in [0.15, 0.2) is 0 Å². The van der Waals surface area contributed by atoms with Gasteiger partial charge in [-0.3, -0.25) is 0 Å². The summed E-state index contributed by atoms with van der Waals surface area (Å²) < 4.78 is 0. The van der Waals surface area contributed by atoms with Crippen molar-refractivity contribution in [3.8, 4) is 0 Å². The topological polar surface area (TPSA) is 28.7 Å². The Morgan fingerprint density at radius 1 is 1.50 bits per heavy atom. The van der Waals surface area contributed by atoms with Gasteiger partial charge in [0.1, 0.15) is 5.82 Å². The molecule has 1 aliphatic carbocycles. The molecule has 2 nitrogen and oxygen atoms in total. The SMILES string of the molecule is CCc1nc2c([nH]1)CC=CC=C2. The van der Waals surface area contributed by atoms with E-state index < -0.39 is 0 Å². The molecule has 62 valence electrons. The molecule has 0 aromatic carbocycles. The Morgan fingerprint density at radius 2 is 2.42 bits per heavy atom. The first-order chi connectivity index (χ1) is 5.90. The fourth-order valence-corrected chi connectivity index (χ4v) is 1.35. The lowest BCUT2D eigenvalue weighted by Crippen LogP contribution is -1.84. The summed E-state index contributed by atoms with van der Waals surface area (Å²) in [5, 5.41) is 0. The number of nitrogens with one attached hydrogen (secondary N) is 1. The molecule has 0 aliphatic heterocycles. The number of aromatic nitrogens is 2. The number of imidazole rings is 1. The standard InChI is InChI=1S/C10H12N2/c1-2-10-11-8-6-4-3-5-7-9(8)12-10/h3-6H,2,7H2,1H3,(H,11,12). The fourth-order valence-electron chi connectivity index (χ4n) is 1.35. The number of fused-ring (bicyclic) bond motifs is 1.